The van der Waals surface area contributed by atoms with Gasteiger partial charge in [0.15, 0.2) is 0 Å². The van der Waals surface area contributed by atoms with Gasteiger partial charge in [-0.3, -0.25) is 0 Å². The molecule has 0 aromatic heterocycles. The minimum absolute atomic E-state index is 0.124. The van der Waals surface area contributed by atoms with Crippen LogP contribution in [0.4, 0.5) is 4.39 Å². The number of rotatable bonds is 3. The Morgan fingerprint density at radius 2 is 1.83 bits per heavy atom. The molecule has 2 rings (SSSR count). The quantitative estimate of drug-likeness (QED) is 0.885. The molecule has 2 aromatic rings. The first-order valence-electron chi connectivity index (χ1n) is 5.44. The highest BCUT2D eigenvalue weighted by atomic mass is 35.5. The number of halogens is 3. The van der Waals surface area contributed by atoms with Gasteiger partial charge >= 0.3 is 0 Å². The molecule has 0 aliphatic heterocycles. The summed E-state index contributed by atoms with van der Waals surface area (Å²) in [6.45, 7) is 0. The lowest BCUT2D eigenvalue weighted by Gasteiger charge is -2.13. The van der Waals surface area contributed by atoms with Gasteiger partial charge in [0.2, 0.25) is 0 Å². The van der Waals surface area contributed by atoms with Crippen LogP contribution in [0, 0.1) is 5.82 Å². The molecule has 0 radical (unpaired) electrons. The Kier molecular flexibility index (Phi) is 4.23. The van der Waals surface area contributed by atoms with Crippen LogP contribution < -0.4 is 0 Å². The number of aliphatic hydroxyl groups excluding tert-OH is 1. The summed E-state index contributed by atoms with van der Waals surface area (Å²) in [5.41, 5.74) is 0.952. The van der Waals surface area contributed by atoms with Gasteiger partial charge in [-0.2, -0.15) is 0 Å². The monoisotopic (exact) mass is 284 g/mol. The lowest BCUT2D eigenvalue weighted by atomic mass is 10.0. The number of aliphatic hydroxyl groups is 1. The summed E-state index contributed by atoms with van der Waals surface area (Å²) in [7, 11) is 0. The van der Waals surface area contributed by atoms with Crippen LogP contribution in [0.2, 0.25) is 10.0 Å². The minimum Gasteiger partial charge on any atom is -0.388 e. The molecule has 0 aliphatic rings. The van der Waals surface area contributed by atoms with Gasteiger partial charge in [0.25, 0.3) is 0 Å². The van der Waals surface area contributed by atoms with Crippen molar-refractivity contribution in [2.45, 2.75) is 12.5 Å². The van der Waals surface area contributed by atoms with Crippen molar-refractivity contribution in [3.05, 3.63) is 69.5 Å². The van der Waals surface area contributed by atoms with E-state index in [1.807, 2.05) is 6.07 Å². The van der Waals surface area contributed by atoms with Crippen molar-refractivity contribution in [3.63, 3.8) is 0 Å². The van der Waals surface area contributed by atoms with Gasteiger partial charge in [-0.15, -0.1) is 0 Å². The van der Waals surface area contributed by atoms with Crippen LogP contribution in [0.25, 0.3) is 0 Å². The summed E-state index contributed by atoms with van der Waals surface area (Å²) >= 11 is 11.8. The molecular weight excluding hydrogens is 274 g/mol. The molecule has 0 bridgehead atoms. The Hall–Kier alpha value is -1.09. The molecule has 1 atom stereocenters. The predicted molar refractivity (Wildman–Crippen MR) is 71.5 cm³/mol. The van der Waals surface area contributed by atoms with Crippen molar-refractivity contribution in [1.29, 1.82) is 0 Å². The van der Waals surface area contributed by atoms with E-state index in [1.165, 1.54) is 12.1 Å². The Morgan fingerprint density at radius 3 is 2.50 bits per heavy atom. The average Bonchev–Trinajstić information content (AvgIpc) is 2.28. The topological polar surface area (TPSA) is 20.2 Å². The van der Waals surface area contributed by atoms with E-state index in [2.05, 4.69) is 0 Å². The first-order valence-corrected chi connectivity index (χ1v) is 6.20. The molecule has 1 unspecified atom stereocenters. The summed E-state index contributed by atoms with van der Waals surface area (Å²) in [6.07, 6.45) is -0.724. The fraction of sp³-hybridized carbons (Fsp3) is 0.143. The van der Waals surface area contributed by atoms with E-state index in [-0.39, 0.29) is 17.0 Å². The second-order valence-electron chi connectivity index (χ2n) is 3.99. The van der Waals surface area contributed by atoms with Crippen molar-refractivity contribution < 1.29 is 9.50 Å². The van der Waals surface area contributed by atoms with Gasteiger partial charge in [0.1, 0.15) is 5.82 Å². The second-order valence-corrected chi connectivity index (χ2v) is 4.83. The van der Waals surface area contributed by atoms with Crippen molar-refractivity contribution >= 4 is 23.2 Å². The first-order chi connectivity index (χ1) is 8.58. The van der Waals surface area contributed by atoms with Crippen LogP contribution in [-0.4, -0.2) is 5.11 Å². The fourth-order valence-corrected chi connectivity index (χ4v) is 2.32. The van der Waals surface area contributed by atoms with Crippen LogP contribution in [0.5, 0.6) is 0 Å². The average molecular weight is 285 g/mol. The van der Waals surface area contributed by atoms with Gasteiger partial charge < -0.3 is 5.11 Å². The third kappa shape index (κ3) is 3.02. The largest absolute Gasteiger partial charge is 0.388 e. The molecule has 0 heterocycles. The number of benzene rings is 2. The Labute approximate surface area is 115 Å². The summed E-state index contributed by atoms with van der Waals surface area (Å²) in [5, 5.41) is 10.9. The third-order valence-electron chi connectivity index (χ3n) is 2.65. The molecular formula is C14H11Cl2FO. The number of hydrogen-bond acceptors (Lipinski definition) is 1. The highest BCUT2D eigenvalue weighted by Gasteiger charge is 2.16. The van der Waals surface area contributed by atoms with Gasteiger partial charge in [-0.25, -0.2) is 4.39 Å². The smallest absolute Gasteiger partial charge is 0.130 e. The van der Waals surface area contributed by atoms with Crippen LogP contribution in [-0.2, 0) is 6.42 Å². The fourth-order valence-electron chi connectivity index (χ4n) is 1.82. The van der Waals surface area contributed by atoms with Crippen LogP contribution in [0.15, 0.2) is 42.5 Å². The van der Waals surface area contributed by atoms with E-state index in [9.17, 15) is 9.50 Å². The van der Waals surface area contributed by atoms with Gasteiger partial charge in [-0.05, 0) is 29.8 Å². The van der Waals surface area contributed by atoms with Gasteiger partial charge in [-0.1, -0.05) is 41.4 Å². The zero-order valence-corrected chi connectivity index (χ0v) is 10.9. The lowest BCUT2D eigenvalue weighted by molar-refractivity contribution is 0.174. The third-order valence-corrected chi connectivity index (χ3v) is 3.22. The van der Waals surface area contributed by atoms with Gasteiger partial charge in [0.05, 0.1) is 6.10 Å². The van der Waals surface area contributed by atoms with E-state index in [4.69, 9.17) is 23.2 Å². The molecule has 0 amide bonds. The molecule has 0 saturated heterocycles. The normalized spacial score (nSPS) is 12.4. The predicted octanol–water partition coefficient (Wildman–Crippen LogP) is 4.41. The Morgan fingerprint density at radius 1 is 1.11 bits per heavy atom. The molecule has 1 nitrogen and oxygen atoms in total. The van der Waals surface area contributed by atoms with Crippen LogP contribution in [0.1, 0.15) is 17.2 Å². The number of hydrogen-bond donors (Lipinski definition) is 1. The molecule has 0 saturated carbocycles. The minimum atomic E-state index is -0.989. The molecule has 0 aliphatic carbocycles. The maximum absolute atomic E-state index is 13.6. The highest BCUT2D eigenvalue weighted by molar-refractivity contribution is 6.31. The standard InChI is InChI=1S/C14H11Cl2FO/c15-10-4-1-3-9(7-10)8-13(18)14-11(16)5-2-6-12(14)17/h1-7,13,18H,8H2. The molecule has 94 valence electrons. The van der Waals surface area contributed by atoms with E-state index < -0.39 is 11.9 Å². The maximum atomic E-state index is 13.6. The van der Waals surface area contributed by atoms with E-state index in [1.54, 1.807) is 24.3 Å². The Balaban J connectivity index is 2.25. The summed E-state index contributed by atoms with van der Waals surface area (Å²) < 4.78 is 13.6. The summed E-state index contributed by atoms with van der Waals surface area (Å²) in [5.74, 6) is -0.503. The SMILES string of the molecule is OC(Cc1cccc(Cl)c1)c1c(F)cccc1Cl. The molecule has 1 N–H and O–H groups in total. The van der Waals surface area contributed by atoms with Crippen LogP contribution in [0.3, 0.4) is 0 Å². The molecule has 0 spiro atoms. The van der Waals surface area contributed by atoms with Crippen LogP contribution >= 0.6 is 23.2 Å². The summed E-state index contributed by atoms with van der Waals surface area (Å²) in [6, 6.07) is 11.4. The maximum Gasteiger partial charge on any atom is 0.130 e. The summed E-state index contributed by atoms with van der Waals surface area (Å²) in [4.78, 5) is 0. The van der Waals surface area contributed by atoms with E-state index >= 15 is 0 Å². The zero-order chi connectivity index (χ0) is 13.1. The van der Waals surface area contributed by atoms with E-state index in [0.717, 1.165) is 5.56 Å². The van der Waals surface area contributed by atoms with Crippen molar-refractivity contribution in [2.75, 3.05) is 0 Å². The molecule has 4 heteroatoms. The zero-order valence-electron chi connectivity index (χ0n) is 9.41. The molecule has 18 heavy (non-hydrogen) atoms. The molecule has 0 fully saturated rings. The highest BCUT2D eigenvalue weighted by Crippen LogP contribution is 2.28. The van der Waals surface area contributed by atoms with Crippen molar-refractivity contribution in [3.8, 4) is 0 Å². The second kappa shape index (κ2) is 5.70. The van der Waals surface area contributed by atoms with Gasteiger partial charge in [0, 0.05) is 22.0 Å². The van der Waals surface area contributed by atoms with Crippen molar-refractivity contribution in [2.24, 2.45) is 0 Å². The van der Waals surface area contributed by atoms with Crippen molar-refractivity contribution in [1.82, 2.24) is 0 Å². The molecule has 2 aromatic carbocycles. The Bertz CT molecular complexity index is 537. The lowest BCUT2D eigenvalue weighted by Crippen LogP contribution is -2.05. The first kappa shape index (κ1) is 13.3. The van der Waals surface area contributed by atoms with E-state index in [0.29, 0.717) is 5.02 Å².